The van der Waals surface area contributed by atoms with Gasteiger partial charge in [0, 0.05) is 17.3 Å². The lowest BCUT2D eigenvalue weighted by molar-refractivity contribution is 0.0697. The molecular formula is C18H13NO2. The maximum atomic E-state index is 10.9. The monoisotopic (exact) mass is 275 g/mol. The van der Waals surface area contributed by atoms with E-state index in [1.54, 1.807) is 30.5 Å². The van der Waals surface area contributed by atoms with Gasteiger partial charge in [-0.25, -0.2) is 4.79 Å². The largest absolute Gasteiger partial charge is 0.478 e. The number of hydrogen-bond donors (Lipinski definition) is 1. The van der Waals surface area contributed by atoms with E-state index in [4.69, 9.17) is 5.11 Å². The van der Waals surface area contributed by atoms with E-state index in [0.29, 0.717) is 0 Å². The highest BCUT2D eigenvalue weighted by atomic mass is 16.4. The van der Waals surface area contributed by atoms with Crippen molar-refractivity contribution in [3.63, 3.8) is 0 Å². The highest BCUT2D eigenvalue weighted by molar-refractivity contribution is 5.89. The Balaban J connectivity index is 2.09. The van der Waals surface area contributed by atoms with E-state index in [1.807, 2.05) is 42.5 Å². The van der Waals surface area contributed by atoms with Crippen molar-refractivity contribution in [1.82, 2.24) is 4.98 Å². The lowest BCUT2D eigenvalue weighted by Crippen LogP contribution is -1.95. The van der Waals surface area contributed by atoms with E-state index < -0.39 is 5.97 Å². The van der Waals surface area contributed by atoms with E-state index in [-0.39, 0.29) is 5.56 Å². The van der Waals surface area contributed by atoms with Crippen molar-refractivity contribution in [2.24, 2.45) is 0 Å². The van der Waals surface area contributed by atoms with Gasteiger partial charge in [-0.3, -0.25) is 4.98 Å². The molecule has 3 aromatic rings. The molecule has 0 atom stereocenters. The average molecular weight is 275 g/mol. The van der Waals surface area contributed by atoms with Crippen LogP contribution in [-0.2, 0) is 0 Å². The lowest BCUT2D eigenvalue weighted by Gasteiger charge is -2.09. The summed E-state index contributed by atoms with van der Waals surface area (Å²) < 4.78 is 0. The number of carbonyl (C=O) groups is 1. The van der Waals surface area contributed by atoms with E-state index in [0.717, 1.165) is 22.4 Å². The van der Waals surface area contributed by atoms with Crippen LogP contribution in [0.15, 0.2) is 72.9 Å². The highest BCUT2D eigenvalue weighted by Gasteiger charge is 2.09. The summed E-state index contributed by atoms with van der Waals surface area (Å²) in [6, 6.07) is 20.7. The molecule has 0 saturated carbocycles. The van der Waals surface area contributed by atoms with Crippen LogP contribution < -0.4 is 0 Å². The third-order valence-electron chi connectivity index (χ3n) is 3.30. The quantitative estimate of drug-likeness (QED) is 0.782. The predicted molar refractivity (Wildman–Crippen MR) is 82.1 cm³/mol. The van der Waals surface area contributed by atoms with Crippen LogP contribution in [0.1, 0.15) is 10.4 Å². The number of pyridine rings is 1. The zero-order chi connectivity index (χ0) is 14.7. The molecule has 0 aliphatic heterocycles. The Hall–Kier alpha value is -2.94. The summed E-state index contributed by atoms with van der Waals surface area (Å²) in [4.78, 5) is 15.4. The van der Waals surface area contributed by atoms with E-state index in [1.165, 1.54) is 0 Å². The van der Waals surface area contributed by atoms with Gasteiger partial charge in [0.05, 0.1) is 11.3 Å². The standard InChI is InChI=1S/C18H13NO2/c20-18(21)15-10-8-14(9-11-15)17-16(7-4-12-19-17)13-5-2-1-3-6-13/h1-12H,(H,20,21). The zero-order valence-corrected chi connectivity index (χ0v) is 11.2. The fourth-order valence-corrected chi connectivity index (χ4v) is 2.26. The number of aromatic nitrogens is 1. The normalized spacial score (nSPS) is 10.3. The molecule has 3 rings (SSSR count). The van der Waals surface area contributed by atoms with E-state index >= 15 is 0 Å². The molecular weight excluding hydrogens is 262 g/mol. The first-order chi connectivity index (χ1) is 10.3. The van der Waals surface area contributed by atoms with Crippen molar-refractivity contribution < 1.29 is 9.90 Å². The van der Waals surface area contributed by atoms with Crippen LogP contribution >= 0.6 is 0 Å². The van der Waals surface area contributed by atoms with Crippen LogP contribution in [0.4, 0.5) is 0 Å². The molecule has 3 heteroatoms. The first kappa shape index (κ1) is 13.1. The van der Waals surface area contributed by atoms with E-state index in [9.17, 15) is 4.79 Å². The van der Waals surface area contributed by atoms with Gasteiger partial charge in [0.15, 0.2) is 0 Å². The van der Waals surface area contributed by atoms with Gasteiger partial charge in [0.2, 0.25) is 0 Å². The van der Waals surface area contributed by atoms with Gasteiger partial charge < -0.3 is 5.11 Å². The second kappa shape index (κ2) is 5.59. The molecule has 0 aliphatic carbocycles. The Morgan fingerprint density at radius 1 is 0.810 bits per heavy atom. The second-order valence-electron chi connectivity index (χ2n) is 4.65. The minimum atomic E-state index is -0.925. The van der Waals surface area contributed by atoms with Crippen molar-refractivity contribution >= 4 is 5.97 Å². The molecule has 0 bridgehead atoms. The van der Waals surface area contributed by atoms with Crippen LogP contribution in [0.5, 0.6) is 0 Å². The molecule has 0 spiro atoms. The molecule has 1 N–H and O–H groups in total. The summed E-state index contributed by atoms with van der Waals surface area (Å²) in [5.74, 6) is -0.925. The van der Waals surface area contributed by atoms with Gasteiger partial charge >= 0.3 is 5.97 Å². The molecule has 0 aliphatic rings. The fourth-order valence-electron chi connectivity index (χ4n) is 2.26. The molecule has 1 heterocycles. The van der Waals surface area contributed by atoms with Gasteiger partial charge in [-0.05, 0) is 23.8 Å². The molecule has 102 valence electrons. The molecule has 0 radical (unpaired) electrons. The SMILES string of the molecule is O=C(O)c1ccc(-c2ncccc2-c2ccccc2)cc1. The van der Waals surface area contributed by atoms with Crippen molar-refractivity contribution in [2.45, 2.75) is 0 Å². The van der Waals surface area contributed by atoms with Gasteiger partial charge in [0.25, 0.3) is 0 Å². The minimum absolute atomic E-state index is 0.274. The van der Waals surface area contributed by atoms with E-state index in [2.05, 4.69) is 4.98 Å². The first-order valence-corrected chi connectivity index (χ1v) is 6.60. The Morgan fingerprint density at radius 3 is 2.19 bits per heavy atom. The van der Waals surface area contributed by atoms with Gasteiger partial charge in [-0.2, -0.15) is 0 Å². The van der Waals surface area contributed by atoms with Crippen LogP contribution in [0.25, 0.3) is 22.4 Å². The third-order valence-corrected chi connectivity index (χ3v) is 3.30. The van der Waals surface area contributed by atoms with Crippen LogP contribution in [-0.4, -0.2) is 16.1 Å². The molecule has 0 saturated heterocycles. The number of carboxylic acid groups (broad SMARTS) is 1. The summed E-state index contributed by atoms with van der Waals surface area (Å²) in [5.41, 5.74) is 4.14. The maximum Gasteiger partial charge on any atom is 0.335 e. The Labute approximate surface area is 122 Å². The number of carboxylic acids is 1. The molecule has 3 nitrogen and oxygen atoms in total. The number of aromatic carboxylic acids is 1. The molecule has 0 fully saturated rings. The van der Waals surface area contributed by atoms with Crippen molar-refractivity contribution in [1.29, 1.82) is 0 Å². The first-order valence-electron chi connectivity index (χ1n) is 6.60. The Kier molecular flexibility index (Phi) is 3.48. The van der Waals surface area contributed by atoms with Crippen molar-refractivity contribution in [2.75, 3.05) is 0 Å². The Bertz CT molecular complexity index is 765. The number of benzene rings is 2. The van der Waals surface area contributed by atoms with Crippen LogP contribution in [0.2, 0.25) is 0 Å². The molecule has 0 amide bonds. The van der Waals surface area contributed by atoms with Gasteiger partial charge in [0.1, 0.15) is 0 Å². The maximum absolute atomic E-state index is 10.9. The van der Waals surface area contributed by atoms with Crippen LogP contribution in [0.3, 0.4) is 0 Å². The number of nitrogens with zero attached hydrogens (tertiary/aromatic N) is 1. The Morgan fingerprint density at radius 2 is 1.52 bits per heavy atom. The summed E-state index contributed by atoms with van der Waals surface area (Å²) in [6.45, 7) is 0. The van der Waals surface area contributed by atoms with Crippen LogP contribution in [0, 0.1) is 0 Å². The van der Waals surface area contributed by atoms with Gasteiger partial charge in [-0.1, -0.05) is 48.5 Å². The highest BCUT2D eigenvalue weighted by Crippen LogP contribution is 2.29. The average Bonchev–Trinajstić information content (AvgIpc) is 2.56. The lowest BCUT2D eigenvalue weighted by atomic mass is 9.99. The summed E-state index contributed by atoms with van der Waals surface area (Å²) in [5, 5.41) is 8.96. The summed E-state index contributed by atoms with van der Waals surface area (Å²) >= 11 is 0. The number of rotatable bonds is 3. The minimum Gasteiger partial charge on any atom is -0.478 e. The fraction of sp³-hybridized carbons (Fsp3) is 0. The summed E-state index contributed by atoms with van der Waals surface area (Å²) in [6.07, 6.45) is 1.74. The third kappa shape index (κ3) is 2.67. The second-order valence-corrected chi connectivity index (χ2v) is 4.65. The predicted octanol–water partition coefficient (Wildman–Crippen LogP) is 4.11. The summed E-state index contributed by atoms with van der Waals surface area (Å²) in [7, 11) is 0. The molecule has 2 aromatic carbocycles. The zero-order valence-electron chi connectivity index (χ0n) is 11.2. The molecule has 21 heavy (non-hydrogen) atoms. The van der Waals surface area contributed by atoms with Gasteiger partial charge in [-0.15, -0.1) is 0 Å². The number of hydrogen-bond acceptors (Lipinski definition) is 2. The van der Waals surface area contributed by atoms with Crippen molar-refractivity contribution in [3.05, 3.63) is 78.5 Å². The van der Waals surface area contributed by atoms with Crippen molar-refractivity contribution in [3.8, 4) is 22.4 Å². The topological polar surface area (TPSA) is 50.2 Å². The molecule has 1 aromatic heterocycles. The molecule has 0 unspecified atom stereocenters. The smallest absolute Gasteiger partial charge is 0.335 e.